The van der Waals surface area contributed by atoms with Crippen molar-refractivity contribution in [1.82, 2.24) is 15.1 Å². The van der Waals surface area contributed by atoms with Crippen molar-refractivity contribution in [3.63, 3.8) is 0 Å². The van der Waals surface area contributed by atoms with E-state index in [0.29, 0.717) is 5.54 Å². The van der Waals surface area contributed by atoms with Crippen LogP contribution < -0.4 is 5.32 Å². The van der Waals surface area contributed by atoms with Crippen LogP contribution in [0.15, 0.2) is 0 Å². The monoisotopic (exact) mass is 253 g/mol. The summed E-state index contributed by atoms with van der Waals surface area (Å²) >= 11 is 0. The molecule has 0 atom stereocenters. The third kappa shape index (κ3) is 3.69. The molecule has 2 rings (SSSR count). The molecule has 1 N–H and O–H groups in total. The molecule has 2 fully saturated rings. The van der Waals surface area contributed by atoms with Crippen LogP contribution in [-0.2, 0) is 0 Å². The van der Waals surface area contributed by atoms with Crippen LogP contribution in [0.2, 0.25) is 0 Å². The van der Waals surface area contributed by atoms with E-state index >= 15 is 0 Å². The highest BCUT2D eigenvalue weighted by Gasteiger charge is 2.43. The molecule has 18 heavy (non-hydrogen) atoms. The Balaban J connectivity index is 1.90. The molecule has 1 aliphatic carbocycles. The molecular formula is C15H31N3. The van der Waals surface area contributed by atoms with Crippen molar-refractivity contribution in [2.75, 3.05) is 40.3 Å². The molecule has 1 spiro atoms. The smallest absolute Gasteiger partial charge is 0.0313 e. The molecule has 0 aromatic carbocycles. The summed E-state index contributed by atoms with van der Waals surface area (Å²) in [4.78, 5) is 4.99. The Morgan fingerprint density at radius 1 is 1.11 bits per heavy atom. The van der Waals surface area contributed by atoms with Gasteiger partial charge in [0.2, 0.25) is 0 Å². The fraction of sp³-hybridized carbons (Fsp3) is 1.00. The van der Waals surface area contributed by atoms with Gasteiger partial charge >= 0.3 is 0 Å². The first-order valence-electron chi connectivity index (χ1n) is 7.57. The van der Waals surface area contributed by atoms with Gasteiger partial charge in [-0.3, -0.25) is 4.90 Å². The Labute approximate surface area is 113 Å². The molecule has 106 valence electrons. The van der Waals surface area contributed by atoms with E-state index in [1.165, 1.54) is 58.3 Å². The normalized spacial score (nSPS) is 27.2. The summed E-state index contributed by atoms with van der Waals surface area (Å²) in [6, 6.07) is 0. The number of nitrogens with zero attached hydrogens (tertiary/aromatic N) is 2. The Morgan fingerprint density at radius 3 is 2.39 bits per heavy atom. The summed E-state index contributed by atoms with van der Waals surface area (Å²) < 4.78 is 0. The van der Waals surface area contributed by atoms with E-state index in [1.54, 1.807) is 0 Å². The summed E-state index contributed by atoms with van der Waals surface area (Å²) in [5.41, 5.74) is 0.709. The molecule has 0 aromatic rings. The van der Waals surface area contributed by atoms with Gasteiger partial charge in [0.25, 0.3) is 0 Å². The summed E-state index contributed by atoms with van der Waals surface area (Å²) in [5, 5.41) is 3.95. The molecule has 1 aliphatic heterocycles. The quantitative estimate of drug-likeness (QED) is 0.826. The van der Waals surface area contributed by atoms with E-state index in [4.69, 9.17) is 0 Å². The van der Waals surface area contributed by atoms with Crippen molar-refractivity contribution < 1.29 is 0 Å². The van der Waals surface area contributed by atoms with E-state index in [9.17, 15) is 0 Å². The minimum atomic E-state index is 0.278. The van der Waals surface area contributed by atoms with Crippen LogP contribution in [0.25, 0.3) is 0 Å². The topological polar surface area (TPSA) is 18.5 Å². The lowest BCUT2D eigenvalue weighted by atomic mass is 9.87. The van der Waals surface area contributed by atoms with E-state index in [-0.39, 0.29) is 5.54 Å². The molecule has 0 aromatic heterocycles. The fourth-order valence-electron chi connectivity index (χ4n) is 3.94. The number of hydrogen-bond acceptors (Lipinski definition) is 3. The van der Waals surface area contributed by atoms with E-state index in [2.05, 4.69) is 43.1 Å². The third-order valence-corrected chi connectivity index (χ3v) is 4.39. The van der Waals surface area contributed by atoms with Crippen molar-refractivity contribution in [3.8, 4) is 0 Å². The lowest BCUT2D eigenvalue weighted by molar-refractivity contribution is 0.0604. The zero-order chi connectivity index (χ0) is 13.2. The minimum Gasteiger partial charge on any atom is -0.309 e. The van der Waals surface area contributed by atoms with Crippen LogP contribution in [0, 0.1) is 0 Å². The predicted molar refractivity (Wildman–Crippen MR) is 78.0 cm³/mol. The van der Waals surface area contributed by atoms with Gasteiger partial charge in [-0.1, -0.05) is 12.8 Å². The maximum absolute atomic E-state index is 3.95. The van der Waals surface area contributed by atoms with Gasteiger partial charge in [0.15, 0.2) is 0 Å². The Hall–Kier alpha value is -0.120. The highest BCUT2D eigenvalue weighted by atomic mass is 15.3. The van der Waals surface area contributed by atoms with Crippen LogP contribution in [0.1, 0.15) is 46.0 Å². The van der Waals surface area contributed by atoms with Crippen LogP contribution in [-0.4, -0.2) is 61.2 Å². The highest BCUT2D eigenvalue weighted by Crippen LogP contribution is 2.35. The van der Waals surface area contributed by atoms with Crippen molar-refractivity contribution in [2.45, 2.75) is 57.0 Å². The van der Waals surface area contributed by atoms with Crippen LogP contribution in [0.5, 0.6) is 0 Å². The molecule has 1 saturated carbocycles. The van der Waals surface area contributed by atoms with Crippen LogP contribution in [0.4, 0.5) is 0 Å². The van der Waals surface area contributed by atoms with Gasteiger partial charge in [-0.05, 0) is 60.3 Å². The van der Waals surface area contributed by atoms with Crippen LogP contribution >= 0.6 is 0 Å². The van der Waals surface area contributed by atoms with Gasteiger partial charge in [-0.25, -0.2) is 0 Å². The van der Waals surface area contributed by atoms with Gasteiger partial charge in [0.05, 0.1) is 0 Å². The number of piperazine rings is 1. The zero-order valence-electron chi connectivity index (χ0n) is 12.8. The van der Waals surface area contributed by atoms with Gasteiger partial charge < -0.3 is 10.2 Å². The SMILES string of the molecule is CN(C)CCCN1CC(C)(C)NC2(CCCC2)C1. The summed E-state index contributed by atoms with van der Waals surface area (Å²) in [5.74, 6) is 0. The largest absolute Gasteiger partial charge is 0.309 e. The second-order valence-corrected chi connectivity index (χ2v) is 7.36. The maximum atomic E-state index is 3.95. The van der Waals surface area contributed by atoms with Crippen molar-refractivity contribution >= 4 is 0 Å². The Bertz CT molecular complexity index is 267. The van der Waals surface area contributed by atoms with E-state index in [1.807, 2.05) is 0 Å². The van der Waals surface area contributed by atoms with E-state index < -0.39 is 0 Å². The lowest BCUT2D eigenvalue weighted by Crippen LogP contribution is -2.68. The van der Waals surface area contributed by atoms with Gasteiger partial charge in [0.1, 0.15) is 0 Å². The second-order valence-electron chi connectivity index (χ2n) is 7.36. The first-order valence-corrected chi connectivity index (χ1v) is 7.57. The molecule has 0 radical (unpaired) electrons. The number of rotatable bonds is 4. The average Bonchev–Trinajstić information content (AvgIpc) is 2.62. The third-order valence-electron chi connectivity index (χ3n) is 4.39. The molecule has 2 aliphatic rings. The first kappa shape index (κ1) is 14.3. The molecule has 0 bridgehead atoms. The summed E-state index contributed by atoms with van der Waals surface area (Å²) in [7, 11) is 4.33. The van der Waals surface area contributed by atoms with Gasteiger partial charge in [-0.15, -0.1) is 0 Å². The molecule has 0 amide bonds. The molecule has 0 unspecified atom stereocenters. The first-order chi connectivity index (χ1) is 8.41. The van der Waals surface area contributed by atoms with Crippen LogP contribution in [0.3, 0.4) is 0 Å². The number of nitrogens with one attached hydrogen (secondary N) is 1. The predicted octanol–water partition coefficient (Wildman–Crippen LogP) is 1.93. The minimum absolute atomic E-state index is 0.278. The second kappa shape index (κ2) is 5.48. The standard InChI is InChI=1S/C15H31N3/c1-14(2)12-18(11-7-10-17(3)4)13-15(16-14)8-5-6-9-15/h16H,5-13H2,1-4H3. The summed E-state index contributed by atoms with van der Waals surface area (Å²) in [6.07, 6.45) is 6.86. The summed E-state index contributed by atoms with van der Waals surface area (Å²) in [6.45, 7) is 9.66. The molecule has 3 heteroatoms. The Morgan fingerprint density at radius 2 is 1.78 bits per heavy atom. The van der Waals surface area contributed by atoms with Gasteiger partial charge in [-0.2, -0.15) is 0 Å². The van der Waals surface area contributed by atoms with Crippen molar-refractivity contribution in [1.29, 1.82) is 0 Å². The average molecular weight is 253 g/mol. The van der Waals surface area contributed by atoms with Crippen molar-refractivity contribution in [3.05, 3.63) is 0 Å². The van der Waals surface area contributed by atoms with Gasteiger partial charge in [0, 0.05) is 24.2 Å². The number of hydrogen-bond donors (Lipinski definition) is 1. The Kier molecular flexibility index (Phi) is 4.35. The molecule has 1 heterocycles. The molecule has 3 nitrogen and oxygen atoms in total. The highest BCUT2D eigenvalue weighted by molar-refractivity contribution is 5.04. The van der Waals surface area contributed by atoms with E-state index in [0.717, 1.165) is 0 Å². The fourth-order valence-corrected chi connectivity index (χ4v) is 3.94. The lowest BCUT2D eigenvalue weighted by Gasteiger charge is -2.50. The van der Waals surface area contributed by atoms with Crippen molar-refractivity contribution in [2.24, 2.45) is 0 Å². The maximum Gasteiger partial charge on any atom is 0.0313 e. The zero-order valence-corrected chi connectivity index (χ0v) is 12.8. The molecular weight excluding hydrogens is 222 g/mol. The molecule has 1 saturated heterocycles.